The van der Waals surface area contributed by atoms with Gasteiger partial charge in [-0.15, -0.1) is 0 Å². The molecule has 2 aromatic rings. The minimum atomic E-state index is -1.07. The lowest BCUT2D eigenvalue weighted by Gasteiger charge is -2.21. The van der Waals surface area contributed by atoms with Crippen LogP contribution in [-0.2, 0) is 19.8 Å². The van der Waals surface area contributed by atoms with Gasteiger partial charge in [0.15, 0.2) is 0 Å². The Labute approximate surface area is 147 Å². The number of aromatic nitrogens is 1. The van der Waals surface area contributed by atoms with Crippen molar-refractivity contribution in [2.45, 2.75) is 25.3 Å². The molecule has 8 heteroatoms. The number of rotatable bonds is 4. The molecule has 0 amide bonds. The van der Waals surface area contributed by atoms with E-state index < -0.39 is 28.7 Å². The third-order valence-electron chi connectivity index (χ3n) is 4.29. The molecule has 132 valence electrons. The van der Waals surface area contributed by atoms with Gasteiger partial charge in [-0.25, -0.2) is 14.0 Å². The Hall–Kier alpha value is -2.41. The summed E-state index contributed by atoms with van der Waals surface area (Å²) in [6.07, 6.45) is 2.13. The summed E-state index contributed by atoms with van der Waals surface area (Å²) in [6, 6.07) is 2.23. The smallest absolute Gasteiger partial charge is 0.343 e. The lowest BCUT2D eigenvalue weighted by Crippen LogP contribution is -2.32. The number of esters is 2. The third-order valence-corrected chi connectivity index (χ3v) is 4.58. The molecule has 1 aliphatic carbocycles. The Kier molecular flexibility index (Phi) is 4.28. The molecule has 0 spiro atoms. The van der Waals surface area contributed by atoms with Gasteiger partial charge in [-0.1, -0.05) is 11.6 Å². The maximum atomic E-state index is 14.0. The summed E-state index contributed by atoms with van der Waals surface area (Å²) < 4.78 is 25.1. The third kappa shape index (κ3) is 2.68. The largest absolute Gasteiger partial charge is 0.467 e. The van der Waals surface area contributed by atoms with E-state index in [2.05, 4.69) is 0 Å². The molecule has 0 N–H and O–H groups in total. The van der Waals surface area contributed by atoms with Crippen molar-refractivity contribution >= 4 is 34.4 Å². The predicted octanol–water partition coefficient (Wildman–Crippen LogP) is 2.63. The van der Waals surface area contributed by atoms with Gasteiger partial charge in [-0.2, -0.15) is 0 Å². The van der Waals surface area contributed by atoms with Crippen LogP contribution >= 0.6 is 11.6 Å². The summed E-state index contributed by atoms with van der Waals surface area (Å²) in [5, 5.41) is -0.216. The molecule has 0 atom stereocenters. The van der Waals surface area contributed by atoms with E-state index in [0.29, 0.717) is 12.8 Å². The number of carbonyl (C=O) groups is 2. The van der Waals surface area contributed by atoms with Crippen molar-refractivity contribution < 1.29 is 23.5 Å². The average Bonchev–Trinajstić information content (AvgIpc) is 3.38. The van der Waals surface area contributed by atoms with Crippen LogP contribution in [0, 0.1) is 5.82 Å². The molecule has 1 aromatic heterocycles. The van der Waals surface area contributed by atoms with E-state index in [4.69, 9.17) is 21.1 Å². The molecule has 0 radical (unpaired) electrons. The molecule has 3 rings (SSSR count). The van der Waals surface area contributed by atoms with Crippen LogP contribution in [0.15, 0.2) is 23.1 Å². The van der Waals surface area contributed by atoms with Crippen molar-refractivity contribution in [3.8, 4) is 0 Å². The first-order valence-corrected chi connectivity index (χ1v) is 8.04. The highest BCUT2D eigenvalue weighted by Gasteiger charge is 2.53. The van der Waals surface area contributed by atoms with E-state index in [0.717, 1.165) is 12.1 Å². The van der Waals surface area contributed by atoms with Crippen molar-refractivity contribution in [1.29, 1.82) is 0 Å². The molecule has 1 saturated carbocycles. The standard InChI is InChI=1S/C17H15ClFNO5/c1-3-25-15(22)10-8-20(17(4-5-17)16(23)24-2)13-7-12(19)11(18)6-9(13)14(10)21/h6-8H,3-5H2,1-2H3. The fraction of sp³-hybridized carbons (Fsp3) is 0.353. The molecule has 6 nitrogen and oxygen atoms in total. The zero-order valence-corrected chi connectivity index (χ0v) is 14.4. The lowest BCUT2D eigenvalue weighted by molar-refractivity contribution is -0.146. The summed E-state index contributed by atoms with van der Waals surface area (Å²) in [7, 11) is 1.25. The summed E-state index contributed by atoms with van der Waals surface area (Å²) >= 11 is 5.79. The van der Waals surface area contributed by atoms with Crippen LogP contribution in [-0.4, -0.2) is 30.2 Å². The molecule has 0 unspecified atom stereocenters. The normalized spacial score (nSPS) is 15.0. The quantitative estimate of drug-likeness (QED) is 0.776. The second-order valence-electron chi connectivity index (χ2n) is 5.77. The highest BCUT2D eigenvalue weighted by molar-refractivity contribution is 6.31. The van der Waals surface area contributed by atoms with Gasteiger partial charge in [0, 0.05) is 11.6 Å². The summed E-state index contributed by atoms with van der Waals surface area (Å²) in [5.74, 6) is -2.07. The molecular weight excluding hydrogens is 353 g/mol. The van der Waals surface area contributed by atoms with Gasteiger partial charge in [-0.3, -0.25) is 4.79 Å². The summed E-state index contributed by atoms with van der Waals surface area (Å²) in [5.41, 5.74) is -1.77. The maximum absolute atomic E-state index is 14.0. The Morgan fingerprint density at radius 2 is 2.04 bits per heavy atom. The second-order valence-corrected chi connectivity index (χ2v) is 6.18. The molecule has 1 fully saturated rings. The van der Waals surface area contributed by atoms with E-state index in [-0.39, 0.29) is 28.1 Å². The number of pyridine rings is 1. The number of hydrogen-bond donors (Lipinski definition) is 0. The molecule has 0 aliphatic heterocycles. The zero-order valence-electron chi connectivity index (χ0n) is 13.6. The topological polar surface area (TPSA) is 74.6 Å². The first-order valence-electron chi connectivity index (χ1n) is 7.66. The number of benzene rings is 1. The number of fused-ring (bicyclic) bond motifs is 1. The van der Waals surface area contributed by atoms with Gasteiger partial charge in [-0.05, 0) is 31.9 Å². The Bertz CT molecular complexity index is 948. The van der Waals surface area contributed by atoms with Crippen LogP contribution in [0.1, 0.15) is 30.1 Å². The van der Waals surface area contributed by atoms with Crippen LogP contribution in [0.3, 0.4) is 0 Å². The molecule has 0 saturated heterocycles. The summed E-state index contributed by atoms with van der Waals surface area (Å²) in [6.45, 7) is 1.70. The van der Waals surface area contributed by atoms with Gasteiger partial charge in [0.1, 0.15) is 16.9 Å². The number of nitrogens with zero attached hydrogens (tertiary/aromatic N) is 1. The van der Waals surface area contributed by atoms with Gasteiger partial charge in [0.2, 0.25) is 5.43 Å². The number of methoxy groups -OCH3 is 1. The van der Waals surface area contributed by atoms with E-state index in [1.54, 1.807) is 6.92 Å². The minimum Gasteiger partial charge on any atom is -0.467 e. The van der Waals surface area contributed by atoms with Crippen molar-refractivity contribution in [3.05, 3.63) is 45.0 Å². The molecular formula is C17H15ClFNO5. The van der Waals surface area contributed by atoms with E-state index in [1.807, 2.05) is 0 Å². The van der Waals surface area contributed by atoms with E-state index >= 15 is 0 Å². The van der Waals surface area contributed by atoms with Crippen molar-refractivity contribution in [1.82, 2.24) is 4.57 Å². The first kappa shape index (κ1) is 17.4. The van der Waals surface area contributed by atoms with Gasteiger partial charge in [0.05, 0.1) is 24.3 Å². The van der Waals surface area contributed by atoms with Crippen molar-refractivity contribution in [2.75, 3.05) is 13.7 Å². The Morgan fingerprint density at radius 1 is 1.36 bits per heavy atom. The van der Waals surface area contributed by atoms with E-state index in [9.17, 15) is 18.8 Å². The van der Waals surface area contributed by atoms with Crippen LogP contribution in [0.5, 0.6) is 0 Å². The Morgan fingerprint density at radius 3 is 2.60 bits per heavy atom. The lowest BCUT2D eigenvalue weighted by atomic mass is 10.1. The highest BCUT2D eigenvalue weighted by atomic mass is 35.5. The SMILES string of the molecule is CCOC(=O)c1cn(C2(C(=O)OC)CC2)c2cc(F)c(Cl)cc2c1=O. The molecule has 1 aliphatic rings. The Balaban J connectivity index is 2.37. The first-order chi connectivity index (χ1) is 11.9. The molecule has 25 heavy (non-hydrogen) atoms. The van der Waals surface area contributed by atoms with Crippen LogP contribution < -0.4 is 5.43 Å². The predicted molar refractivity (Wildman–Crippen MR) is 88.4 cm³/mol. The minimum absolute atomic E-state index is 0.0344. The van der Waals surface area contributed by atoms with Crippen LogP contribution in [0.2, 0.25) is 5.02 Å². The van der Waals surface area contributed by atoms with E-state index in [1.165, 1.54) is 17.9 Å². The number of carbonyl (C=O) groups excluding carboxylic acids is 2. The fourth-order valence-electron chi connectivity index (χ4n) is 2.88. The van der Waals surface area contributed by atoms with Crippen molar-refractivity contribution in [3.63, 3.8) is 0 Å². The molecule has 1 heterocycles. The zero-order chi connectivity index (χ0) is 18.4. The van der Waals surface area contributed by atoms with Crippen LogP contribution in [0.4, 0.5) is 4.39 Å². The number of halogens is 2. The number of ether oxygens (including phenoxy) is 2. The van der Waals surface area contributed by atoms with Gasteiger partial charge >= 0.3 is 11.9 Å². The summed E-state index contributed by atoms with van der Waals surface area (Å²) in [4.78, 5) is 37.0. The maximum Gasteiger partial charge on any atom is 0.343 e. The molecule has 0 bridgehead atoms. The average molecular weight is 368 g/mol. The van der Waals surface area contributed by atoms with Crippen molar-refractivity contribution in [2.24, 2.45) is 0 Å². The van der Waals surface area contributed by atoms with Gasteiger partial charge < -0.3 is 14.0 Å². The fourth-order valence-corrected chi connectivity index (χ4v) is 3.04. The monoisotopic (exact) mass is 367 g/mol. The van der Waals surface area contributed by atoms with Crippen LogP contribution in [0.25, 0.3) is 10.9 Å². The number of hydrogen-bond acceptors (Lipinski definition) is 5. The highest BCUT2D eigenvalue weighted by Crippen LogP contribution is 2.46. The second kappa shape index (κ2) is 6.15. The van der Waals surface area contributed by atoms with Gasteiger partial charge in [0.25, 0.3) is 0 Å². The molecule has 1 aromatic carbocycles.